The number of carbonyl (C=O) groups is 1. The highest BCUT2D eigenvalue weighted by molar-refractivity contribution is 6.07. The number of hydrogen-bond donors (Lipinski definition) is 0. The van der Waals surface area contributed by atoms with Gasteiger partial charge in [0.15, 0.2) is 0 Å². The molecule has 1 heterocycles. The summed E-state index contributed by atoms with van der Waals surface area (Å²) in [4.78, 5) is 13.6. The molecule has 0 saturated carbocycles. The van der Waals surface area contributed by atoms with E-state index in [0.717, 1.165) is 11.3 Å². The van der Waals surface area contributed by atoms with Gasteiger partial charge in [0.05, 0.1) is 18.5 Å². The predicted octanol–water partition coefficient (Wildman–Crippen LogP) is 4.01. The summed E-state index contributed by atoms with van der Waals surface area (Å²) >= 11 is 0. The molecule has 1 aliphatic heterocycles. The van der Waals surface area contributed by atoms with Gasteiger partial charge in [-0.3, -0.25) is 9.69 Å². The second-order valence-electron chi connectivity index (χ2n) is 4.99. The van der Waals surface area contributed by atoms with Crippen molar-refractivity contribution in [2.24, 2.45) is 0 Å². The van der Waals surface area contributed by atoms with Gasteiger partial charge in [-0.2, -0.15) is 13.2 Å². The Morgan fingerprint density at radius 2 is 1.67 bits per heavy atom. The second-order valence-corrected chi connectivity index (χ2v) is 4.99. The largest absolute Gasteiger partial charge is 0.393 e. The fourth-order valence-corrected chi connectivity index (χ4v) is 2.53. The zero-order valence-corrected chi connectivity index (χ0v) is 11.0. The van der Waals surface area contributed by atoms with Crippen LogP contribution in [0.1, 0.15) is 11.1 Å². The van der Waals surface area contributed by atoms with Crippen LogP contribution in [-0.2, 0) is 17.6 Å². The lowest BCUT2D eigenvalue weighted by Crippen LogP contribution is -2.20. The molecule has 2 aromatic rings. The van der Waals surface area contributed by atoms with Crippen LogP contribution >= 0.6 is 0 Å². The number of carbonyl (C=O) groups excluding carboxylic acids is 1. The van der Waals surface area contributed by atoms with Crippen molar-refractivity contribution in [3.8, 4) is 0 Å². The van der Waals surface area contributed by atoms with E-state index in [1.54, 1.807) is 17.0 Å². The maximum atomic E-state index is 12.3. The zero-order valence-electron chi connectivity index (χ0n) is 11.0. The third-order valence-electron chi connectivity index (χ3n) is 3.42. The van der Waals surface area contributed by atoms with Crippen molar-refractivity contribution < 1.29 is 18.0 Å². The lowest BCUT2D eigenvalue weighted by atomic mass is 10.1. The maximum absolute atomic E-state index is 12.3. The maximum Gasteiger partial charge on any atom is 0.393 e. The van der Waals surface area contributed by atoms with Gasteiger partial charge < -0.3 is 0 Å². The standard InChI is InChI=1S/C16H12F3NO/c17-16(18,19)10-11-5-7-13(8-6-11)20-14-4-2-1-3-12(14)9-15(20)21/h1-8H,9-10H2. The van der Waals surface area contributed by atoms with E-state index < -0.39 is 12.6 Å². The fraction of sp³-hybridized carbons (Fsp3) is 0.188. The fourth-order valence-electron chi connectivity index (χ4n) is 2.53. The Bertz CT molecular complexity index is 677. The molecule has 5 heteroatoms. The molecule has 0 atom stereocenters. The van der Waals surface area contributed by atoms with Gasteiger partial charge in [0.2, 0.25) is 5.91 Å². The van der Waals surface area contributed by atoms with E-state index in [1.807, 2.05) is 24.3 Å². The molecular formula is C16H12F3NO. The first-order valence-electron chi connectivity index (χ1n) is 6.50. The Morgan fingerprint density at radius 1 is 1.00 bits per heavy atom. The van der Waals surface area contributed by atoms with E-state index in [9.17, 15) is 18.0 Å². The highest BCUT2D eigenvalue weighted by atomic mass is 19.4. The molecule has 0 saturated heterocycles. The third-order valence-corrected chi connectivity index (χ3v) is 3.42. The minimum atomic E-state index is -4.22. The number of hydrogen-bond acceptors (Lipinski definition) is 1. The number of rotatable bonds is 2. The molecule has 0 fully saturated rings. The Hall–Kier alpha value is -2.30. The number of para-hydroxylation sites is 1. The molecular weight excluding hydrogens is 279 g/mol. The molecule has 2 aromatic carbocycles. The Morgan fingerprint density at radius 3 is 2.33 bits per heavy atom. The first kappa shape index (κ1) is 13.7. The lowest BCUT2D eigenvalue weighted by molar-refractivity contribution is -0.127. The van der Waals surface area contributed by atoms with Gasteiger partial charge >= 0.3 is 6.18 Å². The molecule has 0 N–H and O–H groups in total. The predicted molar refractivity (Wildman–Crippen MR) is 73.5 cm³/mol. The van der Waals surface area contributed by atoms with Crippen molar-refractivity contribution in [2.75, 3.05) is 4.90 Å². The highest BCUT2D eigenvalue weighted by Crippen LogP contribution is 2.35. The minimum Gasteiger partial charge on any atom is -0.280 e. The summed E-state index contributed by atoms with van der Waals surface area (Å²) in [6.45, 7) is 0. The van der Waals surface area contributed by atoms with E-state index in [-0.39, 0.29) is 11.5 Å². The van der Waals surface area contributed by atoms with Crippen LogP contribution in [0.5, 0.6) is 0 Å². The molecule has 108 valence electrons. The zero-order chi connectivity index (χ0) is 15.0. The Kier molecular flexibility index (Phi) is 3.20. The van der Waals surface area contributed by atoms with Crippen LogP contribution in [0.15, 0.2) is 48.5 Å². The lowest BCUT2D eigenvalue weighted by Gasteiger charge is -2.18. The normalized spacial score (nSPS) is 14.4. The quantitative estimate of drug-likeness (QED) is 0.818. The SMILES string of the molecule is O=C1Cc2ccccc2N1c1ccc(CC(F)(F)F)cc1. The molecule has 0 aromatic heterocycles. The van der Waals surface area contributed by atoms with E-state index in [2.05, 4.69) is 0 Å². The summed E-state index contributed by atoms with van der Waals surface area (Å²) in [5, 5.41) is 0. The van der Waals surface area contributed by atoms with Crippen molar-refractivity contribution in [3.05, 3.63) is 59.7 Å². The number of halogens is 3. The molecule has 0 unspecified atom stereocenters. The Labute approximate surface area is 119 Å². The van der Waals surface area contributed by atoms with Gasteiger partial charge in [0.1, 0.15) is 0 Å². The molecule has 3 rings (SSSR count). The van der Waals surface area contributed by atoms with E-state index in [1.165, 1.54) is 12.1 Å². The molecule has 0 radical (unpaired) electrons. The van der Waals surface area contributed by atoms with E-state index >= 15 is 0 Å². The van der Waals surface area contributed by atoms with Gasteiger partial charge in [0.25, 0.3) is 0 Å². The monoisotopic (exact) mass is 291 g/mol. The van der Waals surface area contributed by atoms with Crippen molar-refractivity contribution in [1.82, 2.24) is 0 Å². The van der Waals surface area contributed by atoms with Crippen LogP contribution < -0.4 is 4.90 Å². The van der Waals surface area contributed by atoms with Crippen LogP contribution in [0.25, 0.3) is 0 Å². The molecule has 21 heavy (non-hydrogen) atoms. The summed E-state index contributed by atoms with van der Waals surface area (Å²) in [5.74, 6) is -0.0697. The summed E-state index contributed by atoms with van der Waals surface area (Å²) < 4.78 is 37.0. The summed E-state index contributed by atoms with van der Waals surface area (Å²) in [7, 11) is 0. The van der Waals surface area contributed by atoms with Crippen LogP contribution in [-0.4, -0.2) is 12.1 Å². The van der Waals surface area contributed by atoms with Crippen molar-refractivity contribution in [1.29, 1.82) is 0 Å². The molecule has 0 spiro atoms. The van der Waals surface area contributed by atoms with Crippen molar-refractivity contribution in [3.63, 3.8) is 0 Å². The number of nitrogens with zero attached hydrogens (tertiary/aromatic N) is 1. The molecule has 0 bridgehead atoms. The Balaban J connectivity index is 1.90. The number of fused-ring (bicyclic) bond motifs is 1. The van der Waals surface area contributed by atoms with E-state index in [0.29, 0.717) is 12.1 Å². The molecule has 1 aliphatic rings. The topological polar surface area (TPSA) is 20.3 Å². The third kappa shape index (κ3) is 2.77. The number of amides is 1. The van der Waals surface area contributed by atoms with Crippen LogP contribution in [0.4, 0.5) is 24.5 Å². The minimum absolute atomic E-state index is 0.0697. The number of alkyl halides is 3. The van der Waals surface area contributed by atoms with Crippen LogP contribution in [0, 0.1) is 0 Å². The van der Waals surface area contributed by atoms with Crippen molar-refractivity contribution >= 4 is 17.3 Å². The summed E-state index contributed by atoms with van der Waals surface area (Å²) in [5.41, 5.74) is 2.51. The average molecular weight is 291 g/mol. The van der Waals surface area contributed by atoms with Gasteiger partial charge in [-0.1, -0.05) is 30.3 Å². The highest BCUT2D eigenvalue weighted by Gasteiger charge is 2.29. The first-order chi connectivity index (χ1) is 9.94. The molecule has 2 nitrogen and oxygen atoms in total. The van der Waals surface area contributed by atoms with Crippen molar-refractivity contribution in [2.45, 2.75) is 19.0 Å². The van der Waals surface area contributed by atoms with E-state index in [4.69, 9.17) is 0 Å². The molecule has 0 aliphatic carbocycles. The van der Waals surface area contributed by atoms with Crippen LogP contribution in [0.3, 0.4) is 0 Å². The summed E-state index contributed by atoms with van der Waals surface area (Å²) in [6, 6.07) is 13.4. The summed E-state index contributed by atoms with van der Waals surface area (Å²) in [6.07, 6.45) is -4.87. The van der Waals surface area contributed by atoms with Gasteiger partial charge in [-0.25, -0.2) is 0 Å². The number of benzene rings is 2. The molecule has 1 amide bonds. The van der Waals surface area contributed by atoms with Gasteiger partial charge in [-0.15, -0.1) is 0 Å². The van der Waals surface area contributed by atoms with Crippen LogP contribution in [0.2, 0.25) is 0 Å². The van der Waals surface area contributed by atoms with Gasteiger partial charge in [0, 0.05) is 5.69 Å². The van der Waals surface area contributed by atoms with Gasteiger partial charge in [-0.05, 0) is 29.3 Å². The second kappa shape index (κ2) is 4.91. The average Bonchev–Trinajstić information content (AvgIpc) is 2.74. The number of anilines is 2. The smallest absolute Gasteiger partial charge is 0.280 e. The first-order valence-corrected chi connectivity index (χ1v) is 6.50.